The van der Waals surface area contributed by atoms with Crippen LogP contribution in [0.15, 0.2) is 85.3 Å². The number of hydrogen-bond donors (Lipinski definition) is 2. The summed E-state index contributed by atoms with van der Waals surface area (Å²) in [6.45, 7) is 2.54. The van der Waals surface area contributed by atoms with Gasteiger partial charge in [-0.05, 0) is 55.0 Å². The number of aromatic nitrogens is 2. The van der Waals surface area contributed by atoms with E-state index in [0.29, 0.717) is 29.2 Å². The molecule has 0 aliphatic carbocycles. The molecular formula is C26H24N4O3. The number of nitrogens with one attached hydrogen (secondary N) is 2. The largest absolute Gasteiger partial charge is 0.497 e. The Morgan fingerprint density at radius 2 is 1.58 bits per heavy atom. The molecule has 0 saturated heterocycles. The first-order chi connectivity index (χ1) is 16.0. The summed E-state index contributed by atoms with van der Waals surface area (Å²) >= 11 is 0. The Morgan fingerprint density at radius 1 is 0.909 bits per heavy atom. The summed E-state index contributed by atoms with van der Waals surface area (Å²) in [6, 6.07) is 22.1. The van der Waals surface area contributed by atoms with Crippen molar-refractivity contribution in [3.63, 3.8) is 0 Å². The zero-order valence-corrected chi connectivity index (χ0v) is 18.4. The molecule has 0 unspecified atom stereocenters. The molecule has 2 N–H and O–H groups in total. The third-order valence-corrected chi connectivity index (χ3v) is 5.08. The Balaban J connectivity index is 1.35. The fraction of sp³-hybridized carbons (Fsp3) is 0.115. The van der Waals surface area contributed by atoms with Crippen molar-refractivity contribution in [1.29, 1.82) is 0 Å². The zero-order valence-electron chi connectivity index (χ0n) is 18.4. The van der Waals surface area contributed by atoms with Gasteiger partial charge < -0.3 is 19.9 Å². The number of ether oxygens (including phenoxy) is 1. The number of carbonyl (C=O) groups excluding carboxylic acids is 2. The molecule has 0 bridgehead atoms. The number of anilines is 2. The average molecular weight is 441 g/mol. The van der Waals surface area contributed by atoms with E-state index in [0.717, 1.165) is 16.8 Å². The molecule has 2 amide bonds. The van der Waals surface area contributed by atoms with Gasteiger partial charge in [-0.25, -0.2) is 4.98 Å². The lowest BCUT2D eigenvalue weighted by Gasteiger charge is -2.08. The Kier molecular flexibility index (Phi) is 6.50. The van der Waals surface area contributed by atoms with Crippen molar-refractivity contribution in [2.45, 2.75) is 13.5 Å². The van der Waals surface area contributed by atoms with Crippen LogP contribution in [0.5, 0.6) is 5.75 Å². The quantitative estimate of drug-likeness (QED) is 0.434. The van der Waals surface area contributed by atoms with E-state index in [4.69, 9.17) is 4.74 Å². The fourth-order valence-electron chi connectivity index (χ4n) is 3.27. The van der Waals surface area contributed by atoms with E-state index in [-0.39, 0.29) is 11.8 Å². The maximum atomic E-state index is 12.5. The molecule has 7 heteroatoms. The van der Waals surface area contributed by atoms with Crippen LogP contribution in [0.3, 0.4) is 0 Å². The molecule has 0 spiro atoms. The van der Waals surface area contributed by atoms with Crippen molar-refractivity contribution in [3.05, 3.63) is 108 Å². The topological polar surface area (TPSA) is 85.2 Å². The van der Waals surface area contributed by atoms with Gasteiger partial charge in [-0.15, -0.1) is 0 Å². The highest BCUT2D eigenvalue weighted by molar-refractivity contribution is 6.04. The molecule has 0 fully saturated rings. The molecule has 4 aromatic rings. The Bertz CT molecular complexity index is 1260. The Morgan fingerprint density at radius 3 is 2.27 bits per heavy atom. The highest BCUT2D eigenvalue weighted by Gasteiger charge is 2.11. The molecule has 33 heavy (non-hydrogen) atoms. The molecule has 3 aromatic carbocycles. The van der Waals surface area contributed by atoms with Crippen LogP contribution in [0.1, 0.15) is 32.0 Å². The molecule has 0 aliphatic rings. The molecule has 0 atom stereocenters. The van der Waals surface area contributed by atoms with E-state index in [9.17, 15) is 9.59 Å². The molecule has 0 aliphatic heterocycles. The standard InChI is InChI=1S/C26H24N4O3/c1-18-6-10-21(11-7-18)29-26(32)24-16-30(17-27-24)15-19-8-12-22(13-9-19)28-25(31)20-4-3-5-23(14-20)33-2/h3-14,16-17H,15H2,1-2H3,(H,28,31)(H,29,32). The van der Waals surface area contributed by atoms with Gasteiger partial charge in [0.1, 0.15) is 11.4 Å². The second kappa shape index (κ2) is 9.82. The zero-order chi connectivity index (χ0) is 23.2. The van der Waals surface area contributed by atoms with Crippen LogP contribution in [0, 0.1) is 6.92 Å². The maximum absolute atomic E-state index is 12.5. The molecule has 0 radical (unpaired) electrons. The molecule has 7 nitrogen and oxygen atoms in total. The van der Waals surface area contributed by atoms with Gasteiger partial charge in [0.2, 0.25) is 0 Å². The number of carbonyl (C=O) groups is 2. The van der Waals surface area contributed by atoms with Crippen LogP contribution >= 0.6 is 0 Å². The van der Waals surface area contributed by atoms with Gasteiger partial charge in [0.05, 0.1) is 13.4 Å². The van der Waals surface area contributed by atoms with Crippen LogP contribution in [-0.2, 0) is 6.54 Å². The highest BCUT2D eigenvalue weighted by Crippen LogP contribution is 2.16. The summed E-state index contributed by atoms with van der Waals surface area (Å²) in [4.78, 5) is 29.1. The SMILES string of the molecule is COc1cccc(C(=O)Nc2ccc(Cn3cnc(C(=O)Nc4ccc(C)cc4)c3)cc2)c1. The number of imidazole rings is 1. The van der Waals surface area contributed by atoms with Crippen LogP contribution in [-0.4, -0.2) is 28.5 Å². The lowest BCUT2D eigenvalue weighted by atomic mass is 10.1. The second-order valence-corrected chi connectivity index (χ2v) is 7.63. The summed E-state index contributed by atoms with van der Waals surface area (Å²) in [7, 11) is 1.56. The summed E-state index contributed by atoms with van der Waals surface area (Å²) in [5.74, 6) is 0.166. The average Bonchev–Trinajstić information content (AvgIpc) is 3.30. The van der Waals surface area contributed by atoms with E-state index in [1.54, 1.807) is 43.9 Å². The molecule has 4 rings (SSSR count). The Hall–Kier alpha value is -4.39. The molecule has 166 valence electrons. The smallest absolute Gasteiger partial charge is 0.275 e. The first-order valence-corrected chi connectivity index (χ1v) is 10.4. The number of rotatable bonds is 7. The van der Waals surface area contributed by atoms with Gasteiger partial charge in [-0.2, -0.15) is 0 Å². The molecular weight excluding hydrogens is 416 g/mol. The summed E-state index contributed by atoms with van der Waals surface area (Å²) in [6.07, 6.45) is 3.34. The lowest BCUT2D eigenvalue weighted by Crippen LogP contribution is -2.12. The fourth-order valence-corrected chi connectivity index (χ4v) is 3.27. The van der Waals surface area contributed by atoms with Crippen molar-refractivity contribution >= 4 is 23.2 Å². The van der Waals surface area contributed by atoms with E-state index in [1.807, 2.05) is 60.0 Å². The second-order valence-electron chi connectivity index (χ2n) is 7.63. The Labute approximate surface area is 192 Å². The third-order valence-electron chi connectivity index (χ3n) is 5.08. The number of aryl methyl sites for hydroxylation is 1. The first kappa shape index (κ1) is 21.8. The summed E-state index contributed by atoms with van der Waals surface area (Å²) in [5.41, 5.74) is 4.42. The maximum Gasteiger partial charge on any atom is 0.275 e. The van der Waals surface area contributed by atoms with E-state index in [1.165, 1.54) is 0 Å². The molecule has 1 heterocycles. The number of hydrogen-bond acceptors (Lipinski definition) is 4. The van der Waals surface area contributed by atoms with Crippen molar-refractivity contribution in [1.82, 2.24) is 9.55 Å². The predicted octanol–water partition coefficient (Wildman–Crippen LogP) is 4.75. The van der Waals surface area contributed by atoms with E-state index in [2.05, 4.69) is 15.6 Å². The number of nitrogens with zero attached hydrogens (tertiary/aromatic N) is 2. The van der Waals surface area contributed by atoms with Crippen molar-refractivity contribution in [3.8, 4) is 5.75 Å². The number of amides is 2. The van der Waals surface area contributed by atoms with Crippen molar-refractivity contribution in [2.75, 3.05) is 17.7 Å². The van der Waals surface area contributed by atoms with Crippen molar-refractivity contribution in [2.24, 2.45) is 0 Å². The van der Waals surface area contributed by atoms with E-state index < -0.39 is 0 Å². The van der Waals surface area contributed by atoms with Gasteiger partial charge in [0.15, 0.2) is 0 Å². The van der Waals surface area contributed by atoms with Crippen LogP contribution in [0.25, 0.3) is 0 Å². The molecule has 1 aromatic heterocycles. The van der Waals surface area contributed by atoms with Crippen LogP contribution in [0.2, 0.25) is 0 Å². The van der Waals surface area contributed by atoms with Crippen LogP contribution in [0.4, 0.5) is 11.4 Å². The van der Waals surface area contributed by atoms with Gasteiger partial charge in [0.25, 0.3) is 11.8 Å². The van der Waals surface area contributed by atoms with Crippen LogP contribution < -0.4 is 15.4 Å². The highest BCUT2D eigenvalue weighted by atomic mass is 16.5. The predicted molar refractivity (Wildman–Crippen MR) is 128 cm³/mol. The first-order valence-electron chi connectivity index (χ1n) is 10.4. The lowest BCUT2D eigenvalue weighted by molar-refractivity contribution is 0.101. The summed E-state index contributed by atoms with van der Waals surface area (Å²) < 4.78 is 7.01. The minimum atomic E-state index is -0.256. The minimum Gasteiger partial charge on any atom is -0.497 e. The summed E-state index contributed by atoms with van der Waals surface area (Å²) in [5, 5.41) is 5.73. The van der Waals surface area contributed by atoms with Gasteiger partial charge >= 0.3 is 0 Å². The normalized spacial score (nSPS) is 10.5. The van der Waals surface area contributed by atoms with Gasteiger partial charge in [-0.3, -0.25) is 9.59 Å². The number of methoxy groups -OCH3 is 1. The third kappa shape index (κ3) is 5.65. The van der Waals surface area contributed by atoms with Crippen molar-refractivity contribution < 1.29 is 14.3 Å². The van der Waals surface area contributed by atoms with E-state index >= 15 is 0 Å². The minimum absolute atomic E-state index is 0.208. The number of benzene rings is 3. The molecule has 0 saturated carbocycles. The monoisotopic (exact) mass is 440 g/mol. The van der Waals surface area contributed by atoms with Gasteiger partial charge in [0, 0.05) is 29.7 Å². The van der Waals surface area contributed by atoms with Gasteiger partial charge in [-0.1, -0.05) is 35.9 Å².